The monoisotopic (exact) mass is 430 g/mol. The van der Waals surface area contributed by atoms with E-state index in [1.165, 1.54) is 0 Å². The van der Waals surface area contributed by atoms with Gasteiger partial charge in [-0.05, 0) is 50.1 Å². The van der Waals surface area contributed by atoms with Crippen LogP contribution in [0.3, 0.4) is 0 Å². The predicted molar refractivity (Wildman–Crippen MR) is 125 cm³/mol. The number of aromatic nitrogens is 3. The summed E-state index contributed by atoms with van der Waals surface area (Å²) < 4.78 is 12.8. The SMILES string of the molecule is COc1cccc2c(C)cc(-n3nc(C)cc3NC(=O)CCCOc3ccccc3)nc12. The molecule has 2 heterocycles. The number of nitrogens with one attached hydrogen (secondary N) is 1. The highest BCUT2D eigenvalue weighted by Crippen LogP contribution is 2.28. The summed E-state index contributed by atoms with van der Waals surface area (Å²) in [6.45, 7) is 4.38. The Morgan fingerprint density at radius 2 is 1.88 bits per heavy atom. The molecule has 4 aromatic rings. The maximum Gasteiger partial charge on any atom is 0.225 e. The van der Waals surface area contributed by atoms with Crippen molar-refractivity contribution < 1.29 is 14.3 Å². The molecule has 0 aliphatic rings. The van der Waals surface area contributed by atoms with E-state index in [4.69, 9.17) is 14.5 Å². The number of aryl methyl sites for hydroxylation is 2. The van der Waals surface area contributed by atoms with Gasteiger partial charge in [-0.1, -0.05) is 30.3 Å². The molecule has 0 radical (unpaired) electrons. The maximum atomic E-state index is 12.5. The zero-order valence-electron chi connectivity index (χ0n) is 18.5. The van der Waals surface area contributed by atoms with Gasteiger partial charge in [0.2, 0.25) is 5.91 Å². The van der Waals surface area contributed by atoms with Crippen molar-refractivity contribution in [2.24, 2.45) is 0 Å². The molecule has 7 heteroatoms. The topological polar surface area (TPSA) is 78.3 Å². The summed E-state index contributed by atoms with van der Waals surface area (Å²) in [6, 6.07) is 19.2. The van der Waals surface area contributed by atoms with Crippen LogP contribution in [-0.4, -0.2) is 34.4 Å². The van der Waals surface area contributed by atoms with Crippen molar-refractivity contribution in [3.63, 3.8) is 0 Å². The zero-order valence-corrected chi connectivity index (χ0v) is 18.5. The standard InChI is InChI=1S/C25H26N4O3/c1-17-15-22(27-25-20(17)11-7-12-21(25)31-3)29-23(16-18(2)28-29)26-24(30)13-8-14-32-19-9-5-4-6-10-19/h4-7,9-12,15-16H,8,13-14H2,1-3H3,(H,26,30). The summed E-state index contributed by atoms with van der Waals surface area (Å²) >= 11 is 0. The molecule has 164 valence electrons. The fourth-order valence-electron chi connectivity index (χ4n) is 3.56. The van der Waals surface area contributed by atoms with Crippen molar-refractivity contribution in [2.45, 2.75) is 26.7 Å². The molecule has 0 unspecified atom stereocenters. The Morgan fingerprint density at radius 3 is 2.66 bits per heavy atom. The lowest BCUT2D eigenvalue weighted by atomic mass is 10.1. The van der Waals surface area contributed by atoms with Crippen molar-refractivity contribution >= 4 is 22.6 Å². The number of hydrogen-bond acceptors (Lipinski definition) is 5. The minimum atomic E-state index is -0.0992. The second kappa shape index (κ2) is 9.51. The van der Waals surface area contributed by atoms with Crippen LogP contribution in [0, 0.1) is 13.8 Å². The average molecular weight is 431 g/mol. The van der Waals surface area contributed by atoms with Gasteiger partial charge in [0.15, 0.2) is 5.82 Å². The third kappa shape index (κ3) is 4.72. The fourth-order valence-corrected chi connectivity index (χ4v) is 3.56. The summed E-state index contributed by atoms with van der Waals surface area (Å²) in [5, 5.41) is 8.52. The van der Waals surface area contributed by atoms with E-state index in [9.17, 15) is 4.79 Å². The molecule has 0 spiro atoms. The molecule has 0 saturated heterocycles. The van der Waals surface area contributed by atoms with Crippen LogP contribution in [0.1, 0.15) is 24.1 Å². The smallest absolute Gasteiger partial charge is 0.225 e. The number of rotatable bonds is 8. The van der Waals surface area contributed by atoms with Crippen molar-refractivity contribution in [2.75, 3.05) is 19.0 Å². The number of amides is 1. The van der Waals surface area contributed by atoms with Gasteiger partial charge in [0.05, 0.1) is 19.4 Å². The number of nitrogens with zero attached hydrogens (tertiary/aromatic N) is 3. The molecule has 2 aromatic carbocycles. The highest BCUT2D eigenvalue weighted by Gasteiger charge is 2.15. The maximum absolute atomic E-state index is 12.5. The Labute approximate surface area is 187 Å². The van der Waals surface area contributed by atoms with E-state index in [0.29, 0.717) is 36.8 Å². The summed E-state index contributed by atoms with van der Waals surface area (Å²) in [6.07, 6.45) is 0.952. The van der Waals surface area contributed by atoms with Gasteiger partial charge in [-0.15, -0.1) is 0 Å². The molecule has 0 atom stereocenters. The number of hydrogen-bond donors (Lipinski definition) is 1. The number of carbonyl (C=O) groups is 1. The first kappa shape index (κ1) is 21.4. The molecule has 32 heavy (non-hydrogen) atoms. The summed E-state index contributed by atoms with van der Waals surface area (Å²) in [5.74, 6) is 2.60. The number of pyridine rings is 1. The van der Waals surface area contributed by atoms with E-state index < -0.39 is 0 Å². The molecule has 1 N–H and O–H groups in total. The largest absolute Gasteiger partial charge is 0.494 e. The van der Waals surface area contributed by atoms with E-state index in [-0.39, 0.29) is 5.91 Å². The molecule has 0 fully saturated rings. The number of ether oxygens (including phenoxy) is 2. The molecular weight excluding hydrogens is 404 g/mol. The first-order valence-electron chi connectivity index (χ1n) is 10.5. The molecule has 4 rings (SSSR count). The summed E-state index contributed by atoms with van der Waals surface area (Å²) in [5.41, 5.74) is 2.59. The number of para-hydroxylation sites is 2. The van der Waals surface area contributed by atoms with E-state index in [2.05, 4.69) is 10.4 Å². The lowest BCUT2D eigenvalue weighted by Crippen LogP contribution is -2.16. The van der Waals surface area contributed by atoms with Crippen molar-refractivity contribution in [3.8, 4) is 17.3 Å². The van der Waals surface area contributed by atoms with Crippen LogP contribution in [0.5, 0.6) is 11.5 Å². The van der Waals surface area contributed by atoms with E-state index in [1.807, 2.05) is 74.5 Å². The minimum absolute atomic E-state index is 0.0992. The Kier molecular flexibility index (Phi) is 6.35. The number of anilines is 1. The zero-order chi connectivity index (χ0) is 22.5. The number of methoxy groups -OCH3 is 1. The lowest BCUT2D eigenvalue weighted by Gasteiger charge is -2.12. The molecule has 0 bridgehead atoms. The van der Waals surface area contributed by atoms with Crippen molar-refractivity contribution in [3.05, 3.63) is 71.9 Å². The van der Waals surface area contributed by atoms with E-state index in [1.54, 1.807) is 11.8 Å². The third-order valence-electron chi connectivity index (χ3n) is 5.09. The quantitative estimate of drug-likeness (QED) is 0.405. The van der Waals surface area contributed by atoms with Crippen LogP contribution in [0.25, 0.3) is 16.7 Å². The second-order valence-electron chi connectivity index (χ2n) is 7.55. The fraction of sp³-hybridized carbons (Fsp3) is 0.240. The number of carbonyl (C=O) groups excluding carboxylic acids is 1. The van der Waals surface area contributed by atoms with Crippen molar-refractivity contribution in [1.82, 2.24) is 14.8 Å². The Bertz CT molecular complexity index is 1230. The van der Waals surface area contributed by atoms with Crippen LogP contribution < -0.4 is 14.8 Å². The van der Waals surface area contributed by atoms with Crippen LogP contribution in [-0.2, 0) is 4.79 Å². The molecule has 1 amide bonds. The first-order valence-corrected chi connectivity index (χ1v) is 10.5. The minimum Gasteiger partial charge on any atom is -0.494 e. The van der Waals surface area contributed by atoms with Gasteiger partial charge in [-0.2, -0.15) is 9.78 Å². The highest BCUT2D eigenvalue weighted by molar-refractivity contribution is 5.91. The van der Waals surface area contributed by atoms with E-state index in [0.717, 1.165) is 27.9 Å². The third-order valence-corrected chi connectivity index (χ3v) is 5.09. The number of fused-ring (bicyclic) bond motifs is 1. The summed E-state index contributed by atoms with van der Waals surface area (Å²) in [7, 11) is 1.63. The lowest BCUT2D eigenvalue weighted by molar-refractivity contribution is -0.116. The average Bonchev–Trinajstić information content (AvgIpc) is 3.17. The molecule has 7 nitrogen and oxygen atoms in total. The van der Waals surface area contributed by atoms with Crippen LogP contribution in [0.4, 0.5) is 5.82 Å². The first-order chi connectivity index (χ1) is 15.5. The Hall–Kier alpha value is -3.87. The van der Waals surface area contributed by atoms with Crippen LogP contribution in [0.2, 0.25) is 0 Å². The van der Waals surface area contributed by atoms with Gasteiger partial charge in [-0.3, -0.25) is 4.79 Å². The molecular formula is C25H26N4O3. The molecule has 0 saturated carbocycles. The normalized spacial score (nSPS) is 10.8. The Balaban J connectivity index is 1.49. The highest BCUT2D eigenvalue weighted by atomic mass is 16.5. The van der Waals surface area contributed by atoms with Gasteiger partial charge < -0.3 is 14.8 Å². The van der Waals surface area contributed by atoms with Gasteiger partial charge in [0.25, 0.3) is 0 Å². The Morgan fingerprint density at radius 1 is 1.06 bits per heavy atom. The van der Waals surface area contributed by atoms with Gasteiger partial charge in [0, 0.05) is 17.9 Å². The summed E-state index contributed by atoms with van der Waals surface area (Å²) in [4.78, 5) is 17.3. The van der Waals surface area contributed by atoms with Crippen molar-refractivity contribution in [1.29, 1.82) is 0 Å². The molecule has 0 aliphatic carbocycles. The number of benzene rings is 2. The van der Waals surface area contributed by atoms with Gasteiger partial charge in [-0.25, -0.2) is 4.98 Å². The van der Waals surface area contributed by atoms with Crippen LogP contribution in [0.15, 0.2) is 60.7 Å². The van der Waals surface area contributed by atoms with Crippen LogP contribution >= 0.6 is 0 Å². The van der Waals surface area contributed by atoms with E-state index >= 15 is 0 Å². The predicted octanol–water partition coefficient (Wildman–Crippen LogP) is 4.84. The molecule has 0 aliphatic heterocycles. The molecule has 2 aromatic heterocycles. The second-order valence-corrected chi connectivity index (χ2v) is 7.55. The van der Waals surface area contributed by atoms with Gasteiger partial charge in [0.1, 0.15) is 22.8 Å². The van der Waals surface area contributed by atoms with Gasteiger partial charge >= 0.3 is 0 Å².